The minimum absolute atomic E-state index is 0.731. The highest BCUT2D eigenvalue weighted by atomic mass is 79.9. The summed E-state index contributed by atoms with van der Waals surface area (Å²) in [6.45, 7) is 2.05. The largest absolute Gasteiger partial charge is 0.221 e. The summed E-state index contributed by atoms with van der Waals surface area (Å²) in [5.74, 6) is 0.731. The Bertz CT molecular complexity index is 477. The van der Waals surface area contributed by atoms with Crippen LogP contribution in [0.25, 0.3) is 11.4 Å². The van der Waals surface area contributed by atoms with Gasteiger partial charge in [0.25, 0.3) is 0 Å². The fourth-order valence-electron chi connectivity index (χ4n) is 1.33. The molecule has 1 heterocycles. The van der Waals surface area contributed by atoms with E-state index in [0.29, 0.717) is 0 Å². The first kappa shape index (κ1) is 10.8. The second-order valence-electron chi connectivity index (χ2n) is 3.15. The van der Waals surface area contributed by atoms with Crippen molar-refractivity contribution in [1.82, 2.24) is 9.97 Å². The van der Waals surface area contributed by atoms with Gasteiger partial charge in [-0.15, -0.1) is 0 Å². The van der Waals surface area contributed by atoms with Gasteiger partial charge in [0.05, 0.1) is 0 Å². The highest BCUT2D eigenvalue weighted by Gasteiger charge is 2.06. The lowest BCUT2D eigenvalue weighted by Crippen LogP contribution is -1.92. The van der Waals surface area contributed by atoms with Crippen molar-refractivity contribution in [1.29, 1.82) is 0 Å². The Morgan fingerprint density at radius 2 is 1.60 bits per heavy atom. The number of halogens is 2. The average molecular weight is 328 g/mol. The number of rotatable bonds is 1. The van der Waals surface area contributed by atoms with Gasteiger partial charge in [0.15, 0.2) is 5.82 Å². The Balaban J connectivity index is 2.59. The summed E-state index contributed by atoms with van der Waals surface area (Å²) < 4.78 is 1.56. The number of aromatic nitrogens is 2. The Morgan fingerprint density at radius 3 is 2.20 bits per heavy atom. The van der Waals surface area contributed by atoms with Crippen LogP contribution in [0.3, 0.4) is 0 Å². The molecule has 0 radical (unpaired) electrons. The summed E-state index contributed by atoms with van der Waals surface area (Å²) in [5, 5.41) is 0. The van der Waals surface area contributed by atoms with E-state index in [1.165, 1.54) is 5.56 Å². The summed E-state index contributed by atoms with van der Waals surface area (Å²) >= 11 is 6.71. The molecular formula is C11H8Br2N2. The van der Waals surface area contributed by atoms with Crippen LogP contribution in [0.4, 0.5) is 0 Å². The van der Waals surface area contributed by atoms with E-state index in [0.717, 1.165) is 20.6 Å². The highest BCUT2D eigenvalue weighted by Crippen LogP contribution is 2.23. The maximum Gasteiger partial charge on any atom is 0.161 e. The third-order valence-electron chi connectivity index (χ3n) is 2.05. The first-order chi connectivity index (χ1) is 7.16. The normalized spacial score (nSPS) is 10.3. The molecule has 0 saturated carbocycles. The molecule has 0 saturated heterocycles. The molecule has 0 fully saturated rings. The lowest BCUT2D eigenvalue weighted by Gasteiger charge is -2.04. The van der Waals surface area contributed by atoms with Gasteiger partial charge in [-0.1, -0.05) is 24.3 Å². The first-order valence-corrected chi connectivity index (χ1v) is 6.01. The van der Waals surface area contributed by atoms with Crippen molar-refractivity contribution in [2.24, 2.45) is 0 Å². The van der Waals surface area contributed by atoms with E-state index in [1.54, 1.807) is 0 Å². The van der Waals surface area contributed by atoms with Crippen LogP contribution < -0.4 is 0 Å². The molecule has 0 amide bonds. The lowest BCUT2D eigenvalue weighted by atomic mass is 10.1. The molecule has 4 heteroatoms. The van der Waals surface area contributed by atoms with Crippen LogP contribution in [0, 0.1) is 6.92 Å². The predicted octanol–water partition coefficient (Wildman–Crippen LogP) is 3.98. The molecular weight excluding hydrogens is 320 g/mol. The molecule has 0 aliphatic carbocycles. The predicted molar refractivity (Wildman–Crippen MR) is 67.6 cm³/mol. The number of benzene rings is 1. The smallest absolute Gasteiger partial charge is 0.161 e. The van der Waals surface area contributed by atoms with E-state index >= 15 is 0 Å². The molecule has 2 aromatic rings. The second-order valence-corrected chi connectivity index (χ2v) is 4.78. The fraction of sp³-hybridized carbons (Fsp3) is 0.0909. The van der Waals surface area contributed by atoms with E-state index in [4.69, 9.17) is 0 Å². The molecule has 0 N–H and O–H groups in total. The zero-order valence-corrected chi connectivity index (χ0v) is 11.2. The van der Waals surface area contributed by atoms with E-state index in [9.17, 15) is 0 Å². The van der Waals surface area contributed by atoms with E-state index in [-0.39, 0.29) is 0 Å². The third kappa shape index (κ3) is 2.44. The standard InChI is InChI=1S/C11H8Br2N2/c1-7-4-2-3-5-8(7)11-14-9(12)6-10(13)15-11/h2-6H,1H3. The van der Waals surface area contributed by atoms with Crippen LogP contribution in [-0.4, -0.2) is 9.97 Å². The van der Waals surface area contributed by atoms with Crippen molar-refractivity contribution < 1.29 is 0 Å². The quantitative estimate of drug-likeness (QED) is 0.740. The molecule has 0 spiro atoms. The summed E-state index contributed by atoms with van der Waals surface area (Å²) in [4.78, 5) is 8.68. The molecule has 1 aromatic carbocycles. The first-order valence-electron chi connectivity index (χ1n) is 4.43. The van der Waals surface area contributed by atoms with Crippen molar-refractivity contribution in [3.05, 3.63) is 45.1 Å². The highest BCUT2D eigenvalue weighted by molar-refractivity contribution is 9.11. The molecule has 0 atom stereocenters. The van der Waals surface area contributed by atoms with Gasteiger partial charge in [0, 0.05) is 11.6 Å². The zero-order valence-electron chi connectivity index (χ0n) is 8.04. The van der Waals surface area contributed by atoms with Gasteiger partial charge >= 0.3 is 0 Å². The molecule has 15 heavy (non-hydrogen) atoms. The maximum atomic E-state index is 4.34. The van der Waals surface area contributed by atoms with Crippen LogP contribution in [-0.2, 0) is 0 Å². The van der Waals surface area contributed by atoms with Crippen LogP contribution in [0.2, 0.25) is 0 Å². The lowest BCUT2D eigenvalue weighted by molar-refractivity contribution is 1.12. The molecule has 1 aromatic heterocycles. The number of hydrogen-bond donors (Lipinski definition) is 0. The summed E-state index contributed by atoms with van der Waals surface area (Å²) in [6.07, 6.45) is 0. The SMILES string of the molecule is Cc1ccccc1-c1nc(Br)cc(Br)n1. The summed E-state index contributed by atoms with van der Waals surface area (Å²) in [6, 6.07) is 9.88. The Hall–Kier alpha value is -0.740. The van der Waals surface area contributed by atoms with Gasteiger partial charge in [-0.25, -0.2) is 9.97 Å². The Kier molecular flexibility index (Phi) is 3.17. The van der Waals surface area contributed by atoms with Crippen LogP contribution in [0.1, 0.15) is 5.56 Å². The molecule has 0 bridgehead atoms. The molecule has 76 valence electrons. The van der Waals surface area contributed by atoms with E-state index in [1.807, 2.05) is 37.3 Å². The monoisotopic (exact) mass is 326 g/mol. The zero-order chi connectivity index (χ0) is 10.8. The summed E-state index contributed by atoms with van der Waals surface area (Å²) in [7, 11) is 0. The third-order valence-corrected chi connectivity index (χ3v) is 2.86. The van der Waals surface area contributed by atoms with Crippen molar-refractivity contribution in [2.75, 3.05) is 0 Å². The molecule has 0 aliphatic heterocycles. The van der Waals surface area contributed by atoms with Crippen LogP contribution in [0.5, 0.6) is 0 Å². The minimum Gasteiger partial charge on any atom is -0.221 e. The minimum atomic E-state index is 0.731. The number of nitrogens with zero attached hydrogens (tertiary/aromatic N) is 2. The number of hydrogen-bond acceptors (Lipinski definition) is 2. The van der Waals surface area contributed by atoms with Gasteiger partial charge < -0.3 is 0 Å². The molecule has 2 nitrogen and oxygen atoms in total. The number of aryl methyl sites for hydroxylation is 1. The van der Waals surface area contributed by atoms with Crippen LogP contribution >= 0.6 is 31.9 Å². The Labute approximate surface area is 105 Å². The average Bonchev–Trinajstić information content (AvgIpc) is 2.16. The molecule has 2 rings (SSSR count). The van der Waals surface area contributed by atoms with Crippen molar-refractivity contribution in [2.45, 2.75) is 6.92 Å². The topological polar surface area (TPSA) is 25.8 Å². The van der Waals surface area contributed by atoms with Gasteiger partial charge in [-0.2, -0.15) is 0 Å². The van der Waals surface area contributed by atoms with Crippen molar-refractivity contribution >= 4 is 31.9 Å². The summed E-state index contributed by atoms with van der Waals surface area (Å²) in [5.41, 5.74) is 2.22. The second kappa shape index (κ2) is 4.41. The van der Waals surface area contributed by atoms with E-state index < -0.39 is 0 Å². The van der Waals surface area contributed by atoms with Gasteiger partial charge in [-0.3, -0.25) is 0 Å². The fourth-order valence-corrected chi connectivity index (χ4v) is 2.41. The van der Waals surface area contributed by atoms with Crippen LogP contribution in [0.15, 0.2) is 39.5 Å². The van der Waals surface area contributed by atoms with Gasteiger partial charge in [-0.05, 0) is 44.3 Å². The van der Waals surface area contributed by atoms with Crippen molar-refractivity contribution in [3.63, 3.8) is 0 Å². The van der Waals surface area contributed by atoms with E-state index in [2.05, 4.69) is 41.8 Å². The maximum absolute atomic E-state index is 4.34. The van der Waals surface area contributed by atoms with Gasteiger partial charge in [0.1, 0.15) is 9.21 Å². The van der Waals surface area contributed by atoms with Crippen molar-refractivity contribution in [3.8, 4) is 11.4 Å². The molecule has 0 aliphatic rings. The Morgan fingerprint density at radius 1 is 1.00 bits per heavy atom. The van der Waals surface area contributed by atoms with Gasteiger partial charge in [0.2, 0.25) is 0 Å². The molecule has 0 unspecified atom stereocenters.